The largest absolute Gasteiger partial charge is 0.494 e. The highest BCUT2D eigenvalue weighted by Gasteiger charge is 2.11. The monoisotopic (exact) mass is 245 g/mol. The lowest BCUT2D eigenvalue weighted by atomic mass is 10.00. The van der Waals surface area contributed by atoms with Crippen LogP contribution in [0.25, 0.3) is 11.1 Å². The van der Waals surface area contributed by atoms with Crippen LogP contribution in [0.4, 0.5) is 8.78 Å². The summed E-state index contributed by atoms with van der Waals surface area (Å²) in [6, 6.07) is 10.3. The van der Waals surface area contributed by atoms with Gasteiger partial charge < -0.3 is 4.74 Å². The number of hydrogen-bond acceptors (Lipinski definition) is 2. The molecule has 0 amide bonds. The molecule has 0 heterocycles. The first-order valence-corrected chi connectivity index (χ1v) is 5.20. The molecule has 0 bridgehead atoms. The Balaban J connectivity index is 2.60. The molecule has 0 atom stereocenters. The average molecular weight is 245 g/mol. The van der Waals surface area contributed by atoms with Crippen LogP contribution in [-0.4, -0.2) is 7.11 Å². The fraction of sp³-hybridized carbons (Fsp3) is 0.0714. The van der Waals surface area contributed by atoms with Crippen LogP contribution in [0.15, 0.2) is 36.4 Å². The zero-order valence-electron chi connectivity index (χ0n) is 9.58. The second-order valence-electron chi connectivity index (χ2n) is 3.62. The van der Waals surface area contributed by atoms with Crippen molar-refractivity contribution >= 4 is 0 Å². The van der Waals surface area contributed by atoms with Gasteiger partial charge in [-0.3, -0.25) is 0 Å². The van der Waals surface area contributed by atoms with Crippen LogP contribution in [0, 0.1) is 23.0 Å². The molecule has 0 aliphatic rings. The smallest absolute Gasteiger partial charge is 0.165 e. The molecule has 0 spiro atoms. The van der Waals surface area contributed by atoms with Gasteiger partial charge in [0.05, 0.1) is 12.7 Å². The number of rotatable bonds is 2. The molecule has 0 aliphatic carbocycles. The summed E-state index contributed by atoms with van der Waals surface area (Å²) in [5.74, 6) is -1.07. The van der Waals surface area contributed by atoms with Crippen molar-refractivity contribution in [1.82, 2.24) is 0 Å². The number of hydrogen-bond donors (Lipinski definition) is 0. The molecule has 2 aromatic rings. The Kier molecular flexibility index (Phi) is 3.24. The van der Waals surface area contributed by atoms with Crippen molar-refractivity contribution in [2.24, 2.45) is 0 Å². The van der Waals surface area contributed by atoms with E-state index in [-0.39, 0.29) is 11.3 Å². The molecular formula is C14H9F2NO. The van der Waals surface area contributed by atoms with Crippen LogP contribution in [-0.2, 0) is 0 Å². The molecule has 0 unspecified atom stereocenters. The molecule has 18 heavy (non-hydrogen) atoms. The number of nitriles is 1. The van der Waals surface area contributed by atoms with Crippen molar-refractivity contribution in [2.45, 2.75) is 0 Å². The quantitative estimate of drug-likeness (QED) is 0.811. The maximum absolute atomic E-state index is 13.6. The summed E-state index contributed by atoms with van der Waals surface area (Å²) in [5, 5.41) is 8.92. The van der Waals surface area contributed by atoms with Crippen molar-refractivity contribution in [3.05, 3.63) is 53.6 Å². The van der Waals surface area contributed by atoms with Gasteiger partial charge in [-0.05, 0) is 23.8 Å². The molecule has 90 valence electrons. The van der Waals surface area contributed by atoms with Crippen molar-refractivity contribution in [1.29, 1.82) is 5.26 Å². The summed E-state index contributed by atoms with van der Waals surface area (Å²) in [6.07, 6.45) is 0. The Morgan fingerprint density at radius 2 is 1.89 bits per heavy atom. The molecule has 0 aliphatic heterocycles. The van der Waals surface area contributed by atoms with Gasteiger partial charge in [0.1, 0.15) is 11.9 Å². The second-order valence-corrected chi connectivity index (χ2v) is 3.62. The molecule has 0 N–H and O–H groups in total. The number of halogens is 2. The molecule has 0 saturated heterocycles. The Labute approximate surface area is 103 Å². The predicted molar refractivity (Wildman–Crippen MR) is 63.1 cm³/mol. The average Bonchev–Trinajstić information content (AvgIpc) is 2.38. The van der Waals surface area contributed by atoms with E-state index in [1.54, 1.807) is 18.2 Å². The first kappa shape index (κ1) is 12.1. The second kappa shape index (κ2) is 4.84. The lowest BCUT2D eigenvalue weighted by Crippen LogP contribution is -1.92. The minimum atomic E-state index is -0.619. The minimum absolute atomic E-state index is 0.0953. The van der Waals surface area contributed by atoms with E-state index in [1.807, 2.05) is 0 Å². The maximum atomic E-state index is 13.6. The highest BCUT2D eigenvalue weighted by atomic mass is 19.1. The standard InChI is InChI=1S/C14H9F2NO/c1-18-14-6-5-9(7-13(14)16)10-3-2-4-12(15)11(10)8-17/h2-7H,1H3. The van der Waals surface area contributed by atoms with Gasteiger partial charge in [0, 0.05) is 5.56 Å². The summed E-state index contributed by atoms with van der Waals surface area (Å²) in [7, 11) is 1.36. The van der Waals surface area contributed by atoms with Crippen molar-refractivity contribution in [3.8, 4) is 22.9 Å². The van der Waals surface area contributed by atoms with Gasteiger partial charge >= 0.3 is 0 Å². The molecule has 2 aromatic carbocycles. The van der Waals surface area contributed by atoms with E-state index >= 15 is 0 Å². The predicted octanol–water partition coefficient (Wildman–Crippen LogP) is 3.51. The van der Waals surface area contributed by atoms with Gasteiger partial charge in [0.15, 0.2) is 11.6 Å². The van der Waals surface area contributed by atoms with Crippen molar-refractivity contribution in [3.63, 3.8) is 0 Å². The SMILES string of the molecule is COc1ccc(-c2cccc(F)c2C#N)cc1F. The topological polar surface area (TPSA) is 33.0 Å². The normalized spacial score (nSPS) is 9.89. The van der Waals surface area contributed by atoms with Crippen LogP contribution in [0.5, 0.6) is 5.75 Å². The van der Waals surface area contributed by atoms with Gasteiger partial charge in [-0.1, -0.05) is 18.2 Å². The fourth-order valence-electron chi connectivity index (χ4n) is 1.71. The van der Waals surface area contributed by atoms with E-state index in [1.165, 1.54) is 31.4 Å². The minimum Gasteiger partial charge on any atom is -0.494 e. The molecule has 4 heteroatoms. The third-order valence-electron chi connectivity index (χ3n) is 2.59. The zero-order valence-corrected chi connectivity index (χ0v) is 9.58. The summed E-state index contributed by atoms with van der Waals surface area (Å²) < 4.78 is 31.8. The van der Waals surface area contributed by atoms with E-state index in [0.717, 1.165) is 0 Å². The van der Waals surface area contributed by atoms with Crippen molar-refractivity contribution in [2.75, 3.05) is 7.11 Å². The van der Waals surface area contributed by atoms with Gasteiger partial charge in [-0.2, -0.15) is 5.26 Å². The lowest BCUT2D eigenvalue weighted by Gasteiger charge is -2.07. The van der Waals surface area contributed by atoms with Gasteiger partial charge in [-0.15, -0.1) is 0 Å². The fourth-order valence-corrected chi connectivity index (χ4v) is 1.71. The van der Waals surface area contributed by atoms with Crippen LogP contribution in [0.3, 0.4) is 0 Å². The number of methoxy groups -OCH3 is 1. The molecule has 0 aromatic heterocycles. The third kappa shape index (κ3) is 2.03. The van der Waals surface area contributed by atoms with E-state index < -0.39 is 11.6 Å². The summed E-state index contributed by atoms with van der Waals surface area (Å²) in [5.41, 5.74) is 0.700. The first-order chi connectivity index (χ1) is 8.67. The van der Waals surface area contributed by atoms with Crippen LogP contribution in [0.2, 0.25) is 0 Å². The molecule has 0 saturated carbocycles. The van der Waals surface area contributed by atoms with Crippen LogP contribution >= 0.6 is 0 Å². The summed E-state index contributed by atoms with van der Waals surface area (Å²) in [4.78, 5) is 0. The van der Waals surface area contributed by atoms with E-state index in [2.05, 4.69) is 0 Å². The Hall–Kier alpha value is -2.41. The van der Waals surface area contributed by atoms with E-state index in [0.29, 0.717) is 11.1 Å². The van der Waals surface area contributed by atoms with Crippen LogP contribution in [0.1, 0.15) is 5.56 Å². The van der Waals surface area contributed by atoms with Gasteiger partial charge in [0.25, 0.3) is 0 Å². The Morgan fingerprint density at radius 1 is 1.11 bits per heavy atom. The zero-order chi connectivity index (χ0) is 13.1. The highest BCUT2D eigenvalue weighted by molar-refractivity contribution is 5.71. The van der Waals surface area contributed by atoms with E-state index in [4.69, 9.17) is 10.00 Å². The Bertz CT molecular complexity index is 632. The van der Waals surface area contributed by atoms with Crippen LogP contribution < -0.4 is 4.74 Å². The first-order valence-electron chi connectivity index (χ1n) is 5.20. The highest BCUT2D eigenvalue weighted by Crippen LogP contribution is 2.28. The van der Waals surface area contributed by atoms with Crippen molar-refractivity contribution < 1.29 is 13.5 Å². The van der Waals surface area contributed by atoms with Gasteiger partial charge in [-0.25, -0.2) is 8.78 Å². The molecular weight excluding hydrogens is 236 g/mol. The maximum Gasteiger partial charge on any atom is 0.165 e. The van der Waals surface area contributed by atoms with Gasteiger partial charge in [0.2, 0.25) is 0 Å². The van der Waals surface area contributed by atoms with E-state index in [9.17, 15) is 8.78 Å². The summed E-state index contributed by atoms with van der Waals surface area (Å²) in [6.45, 7) is 0. The molecule has 2 rings (SSSR count). The number of nitrogens with zero attached hydrogens (tertiary/aromatic N) is 1. The molecule has 2 nitrogen and oxygen atoms in total. The summed E-state index contributed by atoms with van der Waals surface area (Å²) >= 11 is 0. The molecule has 0 fully saturated rings. The number of ether oxygens (including phenoxy) is 1. The third-order valence-corrected chi connectivity index (χ3v) is 2.59. The number of benzene rings is 2. The molecule has 0 radical (unpaired) electrons. The Morgan fingerprint density at radius 3 is 2.50 bits per heavy atom. The lowest BCUT2D eigenvalue weighted by molar-refractivity contribution is 0.386.